The Labute approximate surface area is 197 Å². The van der Waals surface area contributed by atoms with Gasteiger partial charge in [0, 0.05) is 68.0 Å². The zero-order chi connectivity index (χ0) is 25.3. The summed E-state index contributed by atoms with van der Waals surface area (Å²) in [6, 6.07) is 5.71. The molecule has 0 unspecified atom stereocenters. The molecule has 1 saturated carbocycles. The van der Waals surface area contributed by atoms with Crippen LogP contribution in [0.5, 0.6) is 5.88 Å². The average Bonchev–Trinajstić information content (AvgIpc) is 3.51. The third-order valence-corrected chi connectivity index (χ3v) is 6.17. The Morgan fingerprint density at radius 1 is 1.24 bits per heavy atom. The topological polar surface area (TPSA) is 100 Å². The number of hydrogen-bond donors (Lipinski definition) is 2. The molecule has 0 spiro atoms. The molecule has 174 valence electrons. The van der Waals surface area contributed by atoms with Crippen molar-refractivity contribution in [2.45, 2.75) is 31.7 Å². The first-order valence-electron chi connectivity index (χ1n) is 12.8. The Morgan fingerprint density at radius 3 is 2.79 bits per heavy atom. The molecule has 1 aliphatic carbocycles. The molecule has 4 heterocycles. The van der Waals surface area contributed by atoms with Gasteiger partial charge in [-0.1, -0.05) is 12.8 Å². The molecule has 2 fully saturated rings. The first kappa shape index (κ1) is 18.1. The van der Waals surface area contributed by atoms with Gasteiger partial charge in [0.2, 0.25) is 11.8 Å². The summed E-state index contributed by atoms with van der Waals surface area (Å²) in [7, 11) is 1.19. The first-order chi connectivity index (χ1) is 17.3. The Bertz CT molecular complexity index is 1220. The van der Waals surface area contributed by atoms with Crippen LogP contribution in [0.25, 0.3) is 11.0 Å². The van der Waals surface area contributed by atoms with Crippen molar-refractivity contribution >= 4 is 34.6 Å². The smallest absolute Gasteiger partial charge is 0.393 e. The second-order valence-corrected chi connectivity index (χ2v) is 8.45. The van der Waals surface area contributed by atoms with Gasteiger partial charge in [-0.15, -0.1) is 0 Å². The first-order valence-corrected chi connectivity index (χ1v) is 11.3. The van der Waals surface area contributed by atoms with E-state index in [9.17, 15) is 4.79 Å². The Balaban J connectivity index is 1.40. The van der Waals surface area contributed by atoms with Crippen LogP contribution in [-0.2, 0) is 0 Å². The van der Waals surface area contributed by atoms with Crippen LogP contribution in [0.1, 0.15) is 35.8 Å². The van der Waals surface area contributed by atoms with Crippen molar-refractivity contribution in [2.75, 3.05) is 50.4 Å². The van der Waals surface area contributed by atoms with Crippen LogP contribution < -0.4 is 20.3 Å². The standard InChI is InChI=1S/C23H30N8O2/c1-29(2)23(32)33-20-13-16-14-26-22(28-21(16)31(20)17-5-3-4-6-17)27-19-8-7-18(15-25-19)30-11-9-24-10-12-30/h7-8,13-15,17,24H,3-6,9-12H2,1-2H3,(H,25,26,27,28)/i1D3. The number of aromatic nitrogens is 4. The molecule has 1 amide bonds. The number of fused-ring (bicyclic) bond motifs is 1. The van der Waals surface area contributed by atoms with Crippen LogP contribution in [0.15, 0.2) is 30.6 Å². The van der Waals surface area contributed by atoms with Gasteiger partial charge < -0.3 is 25.2 Å². The van der Waals surface area contributed by atoms with Gasteiger partial charge >= 0.3 is 6.09 Å². The monoisotopic (exact) mass is 453 g/mol. The zero-order valence-electron chi connectivity index (χ0n) is 21.6. The molecule has 2 N–H and O–H groups in total. The normalized spacial score (nSPS) is 18.6. The lowest BCUT2D eigenvalue weighted by Gasteiger charge is -2.29. The molecule has 5 rings (SSSR count). The molecule has 10 heteroatoms. The molecule has 33 heavy (non-hydrogen) atoms. The van der Waals surface area contributed by atoms with Crippen LogP contribution in [0.2, 0.25) is 0 Å². The van der Waals surface area contributed by atoms with E-state index in [0.717, 1.165) is 57.5 Å². The summed E-state index contributed by atoms with van der Waals surface area (Å²) in [6.07, 6.45) is 6.52. The van der Waals surface area contributed by atoms with E-state index in [1.54, 1.807) is 12.3 Å². The number of anilines is 3. The Hall–Kier alpha value is -3.40. The Morgan fingerprint density at radius 2 is 2.06 bits per heavy atom. The highest BCUT2D eigenvalue weighted by Crippen LogP contribution is 2.37. The Kier molecular flexibility index (Phi) is 5.05. The van der Waals surface area contributed by atoms with E-state index < -0.39 is 13.1 Å². The number of nitrogens with zero attached hydrogens (tertiary/aromatic N) is 6. The van der Waals surface area contributed by atoms with Gasteiger partial charge in [-0.3, -0.25) is 4.57 Å². The van der Waals surface area contributed by atoms with Crippen molar-refractivity contribution in [1.82, 2.24) is 29.7 Å². The largest absolute Gasteiger partial charge is 0.415 e. The lowest BCUT2D eigenvalue weighted by atomic mass is 10.2. The van der Waals surface area contributed by atoms with Gasteiger partial charge in [0.25, 0.3) is 0 Å². The van der Waals surface area contributed by atoms with E-state index in [-0.39, 0.29) is 11.9 Å². The SMILES string of the molecule is [2H]C([2H])([2H])N(C)C(=O)Oc1cc2cnc(Nc3ccc(N4CCNCC4)cn3)nc2n1C1CCCC1. The van der Waals surface area contributed by atoms with Gasteiger partial charge in [0.1, 0.15) is 11.5 Å². The highest BCUT2D eigenvalue weighted by atomic mass is 16.6. The number of hydrogen-bond acceptors (Lipinski definition) is 8. The molecule has 2 aliphatic rings. The third-order valence-electron chi connectivity index (χ3n) is 6.17. The fraction of sp³-hybridized carbons (Fsp3) is 0.478. The number of carbonyl (C=O) groups is 1. The van der Waals surface area contributed by atoms with E-state index in [1.165, 1.54) is 7.05 Å². The number of piperazine rings is 1. The summed E-state index contributed by atoms with van der Waals surface area (Å²) in [5, 5.41) is 7.21. The predicted molar refractivity (Wildman–Crippen MR) is 127 cm³/mol. The molecule has 1 aliphatic heterocycles. The summed E-state index contributed by atoms with van der Waals surface area (Å²) in [5.74, 6) is 1.26. The van der Waals surface area contributed by atoms with Gasteiger partial charge in [-0.05, 0) is 25.0 Å². The fourth-order valence-corrected chi connectivity index (χ4v) is 4.48. The summed E-state index contributed by atoms with van der Waals surface area (Å²) in [5.41, 5.74) is 1.69. The van der Waals surface area contributed by atoms with E-state index in [0.29, 0.717) is 27.7 Å². The van der Waals surface area contributed by atoms with Crippen molar-refractivity contribution < 1.29 is 13.6 Å². The summed E-state index contributed by atoms with van der Waals surface area (Å²) in [4.78, 5) is 29.1. The number of carbonyl (C=O) groups excluding carboxylic acids is 1. The minimum atomic E-state index is -2.59. The molecule has 3 aromatic rings. The van der Waals surface area contributed by atoms with Crippen LogP contribution in [0.4, 0.5) is 22.2 Å². The molecule has 3 aromatic heterocycles. The van der Waals surface area contributed by atoms with Gasteiger partial charge in [-0.25, -0.2) is 14.8 Å². The molecule has 0 atom stereocenters. The quantitative estimate of drug-likeness (QED) is 0.608. The second kappa shape index (κ2) is 9.22. The highest BCUT2D eigenvalue weighted by Gasteiger charge is 2.25. The molecule has 0 bridgehead atoms. The molecule has 0 aromatic carbocycles. The van der Waals surface area contributed by atoms with Crippen molar-refractivity contribution in [1.29, 1.82) is 0 Å². The highest BCUT2D eigenvalue weighted by molar-refractivity contribution is 5.81. The molecular formula is C23H30N8O2. The number of nitrogens with one attached hydrogen (secondary N) is 2. The maximum atomic E-state index is 12.5. The van der Waals surface area contributed by atoms with E-state index >= 15 is 0 Å². The number of rotatable bonds is 5. The molecule has 0 radical (unpaired) electrons. The summed E-state index contributed by atoms with van der Waals surface area (Å²) in [6.45, 7) is 1.21. The van der Waals surface area contributed by atoms with Crippen LogP contribution in [0, 0.1) is 0 Å². The van der Waals surface area contributed by atoms with E-state index in [2.05, 4.69) is 25.5 Å². The fourth-order valence-electron chi connectivity index (χ4n) is 4.48. The van der Waals surface area contributed by atoms with Crippen molar-refractivity contribution in [3.63, 3.8) is 0 Å². The van der Waals surface area contributed by atoms with Crippen LogP contribution >= 0.6 is 0 Å². The van der Waals surface area contributed by atoms with Crippen molar-refractivity contribution in [3.05, 3.63) is 30.6 Å². The second-order valence-electron chi connectivity index (χ2n) is 8.45. The minimum Gasteiger partial charge on any atom is -0.393 e. The van der Waals surface area contributed by atoms with Gasteiger partial charge in [-0.2, -0.15) is 4.98 Å². The van der Waals surface area contributed by atoms with E-state index in [1.807, 2.05) is 22.9 Å². The van der Waals surface area contributed by atoms with Crippen LogP contribution in [0.3, 0.4) is 0 Å². The van der Waals surface area contributed by atoms with Gasteiger partial charge in [0.15, 0.2) is 0 Å². The number of ether oxygens (including phenoxy) is 1. The maximum absolute atomic E-state index is 12.5. The van der Waals surface area contributed by atoms with Crippen molar-refractivity contribution in [2.24, 2.45) is 0 Å². The third kappa shape index (κ3) is 4.56. The summed E-state index contributed by atoms with van der Waals surface area (Å²) < 4.78 is 29.9. The van der Waals surface area contributed by atoms with E-state index in [4.69, 9.17) is 13.8 Å². The maximum Gasteiger partial charge on any atom is 0.415 e. The average molecular weight is 454 g/mol. The lowest BCUT2D eigenvalue weighted by Crippen LogP contribution is -2.43. The predicted octanol–water partition coefficient (Wildman–Crippen LogP) is 3.16. The lowest BCUT2D eigenvalue weighted by molar-refractivity contribution is 0.167. The van der Waals surface area contributed by atoms with Crippen molar-refractivity contribution in [3.8, 4) is 5.88 Å². The number of amides is 1. The summed E-state index contributed by atoms with van der Waals surface area (Å²) >= 11 is 0. The van der Waals surface area contributed by atoms with Gasteiger partial charge in [0.05, 0.1) is 11.9 Å². The zero-order valence-corrected chi connectivity index (χ0v) is 18.6. The van der Waals surface area contributed by atoms with Crippen LogP contribution in [-0.4, -0.2) is 70.7 Å². The molecule has 10 nitrogen and oxygen atoms in total. The number of pyridine rings is 1. The molecular weight excluding hydrogens is 420 g/mol. The minimum absolute atomic E-state index is 0.0996. The molecule has 1 saturated heterocycles.